The Morgan fingerprint density at radius 2 is 2.15 bits per heavy atom. The summed E-state index contributed by atoms with van der Waals surface area (Å²) in [5, 5.41) is 16.4. The predicted molar refractivity (Wildman–Crippen MR) is 78.9 cm³/mol. The number of hydrogen-bond acceptors (Lipinski definition) is 5. The van der Waals surface area contributed by atoms with Gasteiger partial charge in [0, 0.05) is 32.7 Å². The summed E-state index contributed by atoms with van der Waals surface area (Å²) in [5.74, 6) is 0.507. The van der Waals surface area contributed by atoms with Crippen LogP contribution in [0.1, 0.15) is 5.56 Å². The average Bonchev–Trinajstić information content (AvgIpc) is 2.38. The first-order valence-electron chi connectivity index (χ1n) is 5.83. The predicted octanol–water partition coefficient (Wildman–Crippen LogP) is 1.74. The van der Waals surface area contributed by atoms with Gasteiger partial charge in [0.25, 0.3) is 5.69 Å². The van der Waals surface area contributed by atoms with E-state index in [0.717, 1.165) is 0 Å². The number of hydrogen-bond donors (Lipinski definition) is 2. The molecule has 0 fully saturated rings. The number of carbonyl (C=O) groups is 1. The highest BCUT2D eigenvalue weighted by molar-refractivity contribution is 9.10. The lowest BCUT2D eigenvalue weighted by Gasteiger charge is -2.13. The SMILES string of the molecule is Cc1c([N+](=O)[O-])cnc(NCCNC(=O)N(C)C)c1Br. The summed E-state index contributed by atoms with van der Waals surface area (Å²) in [6.07, 6.45) is 1.21. The number of nitro groups is 1. The lowest BCUT2D eigenvalue weighted by Crippen LogP contribution is -2.37. The second-order valence-electron chi connectivity index (χ2n) is 4.24. The first-order chi connectivity index (χ1) is 9.34. The molecule has 0 aromatic carbocycles. The van der Waals surface area contributed by atoms with E-state index in [0.29, 0.717) is 28.9 Å². The Balaban J connectivity index is 2.60. The number of nitrogens with one attached hydrogen (secondary N) is 2. The van der Waals surface area contributed by atoms with Crippen LogP contribution in [0.5, 0.6) is 0 Å². The van der Waals surface area contributed by atoms with E-state index in [-0.39, 0.29) is 11.7 Å². The lowest BCUT2D eigenvalue weighted by atomic mass is 10.2. The van der Waals surface area contributed by atoms with Crippen molar-refractivity contribution in [1.82, 2.24) is 15.2 Å². The summed E-state index contributed by atoms with van der Waals surface area (Å²) in [6.45, 7) is 2.52. The molecule has 0 aliphatic heterocycles. The normalized spacial score (nSPS) is 10.0. The van der Waals surface area contributed by atoms with E-state index in [1.54, 1.807) is 21.0 Å². The van der Waals surface area contributed by atoms with E-state index >= 15 is 0 Å². The fourth-order valence-electron chi connectivity index (χ4n) is 1.38. The topological polar surface area (TPSA) is 100 Å². The maximum absolute atomic E-state index is 11.3. The molecule has 2 N–H and O–H groups in total. The van der Waals surface area contributed by atoms with Gasteiger partial charge >= 0.3 is 6.03 Å². The summed E-state index contributed by atoms with van der Waals surface area (Å²) in [6, 6.07) is -0.182. The third-order valence-corrected chi connectivity index (χ3v) is 3.50. The van der Waals surface area contributed by atoms with Crippen LogP contribution in [0.3, 0.4) is 0 Å². The number of aromatic nitrogens is 1. The molecule has 20 heavy (non-hydrogen) atoms. The van der Waals surface area contributed by atoms with Crippen LogP contribution >= 0.6 is 15.9 Å². The van der Waals surface area contributed by atoms with Crippen LogP contribution in [0.2, 0.25) is 0 Å². The number of urea groups is 1. The van der Waals surface area contributed by atoms with Gasteiger partial charge < -0.3 is 15.5 Å². The minimum Gasteiger partial charge on any atom is -0.367 e. The van der Waals surface area contributed by atoms with Crippen molar-refractivity contribution in [3.8, 4) is 0 Å². The molecular weight excluding hydrogens is 330 g/mol. The van der Waals surface area contributed by atoms with E-state index in [1.807, 2.05) is 0 Å². The van der Waals surface area contributed by atoms with E-state index in [1.165, 1.54) is 11.1 Å². The summed E-state index contributed by atoms with van der Waals surface area (Å²) in [5.41, 5.74) is 0.466. The Morgan fingerprint density at radius 3 is 2.70 bits per heavy atom. The van der Waals surface area contributed by atoms with Crippen LogP contribution in [0.15, 0.2) is 10.7 Å². The Kier molecular flexibility index (Phi) is 5.68. The average molecular weight is 346 g/mol. The van der Waals surface area contributed by atoms with Gasteiger partial charge in [0.05, 0.1) is 9.40 Å². The molecule has 1 aromatic rings. The molecule has 110 valence electrons. The molecule has 0 unspecified atom stereocenters. The standard InChI is InChI=1S/C11H16BrN5O3/c1-7-8(17(19)20)6-15-10(9(7)12)13-4-5-14-11(18)16(2)3/h6H,4-5H2,1-3H3,(H,13,15)(H,14,18). The zero-order valence-electron chi connectivity index (χ0n) is 11.4. The molecule has 0 spiro atoms. The van der Waals surface area contributed by atoms with Gasteiger partial charge in [0.2, 0.25) is 0 Å². The van der Waals surface area contributed by atoms with Crippen molar-refractivity contribution in [3.63, 3.8) is 0 Å². The third kappa shape index (κ3) is 4.05. The fourth-order valence-corrected chi connectivity index (χ4v) is 1.83. The molecule has 0 saturated carbocycles. The number of anilines is 1. The van der Waals surface area contributed by atoms with Gasteiger partial charge in [-0.15, -0.1) is 0 Å². The molecular formula is C11H16BrN5O3. The van der Waals surface area contributed by atoms with Gasteiger partial charge in [-0.3, -0.25) is 10.1 Å². The van der Waals surface area contributed by atoms with Crippen molar-refractivity contribution in [1.29, 1.82) is 0 Å². The van der Waals surface area contributed by atoms with Crippen LogP contribution in [0, 0.1) is 17.0 Å². The molecule has 9 heteroatoms. The van der Waals surface area contributed by atoms with Crippen LogP contribution in [0.4, 0.5) is 16.3 Å². The van der Waals surface area contributed by atoms with Crippen LogP contribution < -0.4 is 10.6 Å². The van der Waals surface area contributed by atoms with Gasteiger partial charge in [-0.25, -0.2) is 9.78 Å². The van der Waals surface area contributed by atoms with Crippen molar-refractivity contribution in [2.24, 2.45) is 0 Å². The largest absolute Gasteiger partial charge is 0.367 e. The molecule has 0 aliphatic rings. The molecule has 0 saturated heterocycles. The Morgan fingerprint density at radius 1 is 1.50 bits per heavy atom. The van der Waals surface area contributed by atoms with Crippen LogP contribution in [0.25, 0.3) is 0 Å². The monoisotopic (exact) mass is 345 g/mol. The number of carbonyl (C=O) groups excluding carboxylic acids is 1. The van der Waals surface area contributed by atoms with Gasteiger partial charge in [-0.1, -0.05) is 0 Å². The molecule has 8 nitrogen and oxygen atoms in total. The summed E-state index contributed by atoms with van der Waals surface area (Å²) < 4.78 is 0.547. The Bertz CT molecular complexity index is 521. The molecule has 0 aliphatic carbocycles. The fraction of sp³-hybridized carbons (Fsp3) is 0.455. The Hall–Kier alpha value is -1.90. The minimum atomic E-state index is -0.478. The van der Waals surface area contributed by atoms with Crippen molar-refractivity contribution in [2.75, 3.05) is 32.5 Å². The maximum Gasteiger partial charge on any atom is 0.316 e. The highest BCUT2D eigenvalue weighted by atomic mass is 79.9. The summed E-state index contributed by atoms with van der Waals surface area (Å²) >= 11 is 3.28. The smallest absolute Gasteiger partial charge is 0.316 e. The van der Waals surface area contributed by atoms with E-state index in [9.17, 15) is 14.9 Å². The third-order valence-electron chi connectivity index (χ3n) is 2.53. The second-order valence-corrected chi connectivity index (χ2v) is 5.03. The number of halogens is 1. The highest BCUT2D eigenvalue weighted by Crippen LogP contribution is 2.30. The minimum absolute atomic E-state index is 0.0386. The zero-order valence-corrected chi connectivity index (χ0v) is 13.0. The van der Waals surface area contributed by atoms with Gasteiger partial charge in [-0.2, -0.15) is 0 Å². The molecule has 2 amide bonds. The second kappa shape index (κ2) is 7.04. The van der Waals surface area contributed by atoms with Crippen molar-refractivity contribution in [2.45, 2.75) is 6.92 Å². The van der Waals surface area contributed by atoms with Gasteiger partial charge in [0.15, 0.2) is 0 Å². The molecule has 0 atom stereocenters. The van der Waals surface area contributed by atoms with Gasteiger partial charge in [-0.05, 0) is 22.9 Å². The maximum atomic E-state index is 11.3. The van der Waals surface area contributed by atoms with Crippen LogP contribution in [-0.4, -0.2) is 48.0 Å². The molecule has 1 aromatic heterocycles. The van der Waals surface area contributed by atoms with Crippen LogP contribution in [-0.2, 0) is 0 Å². The van der Waals surface area contributed by atoms with E-state index in [2.05, 4.69) is 31.5 Å². The zero-order chi connectivity index (χ0) is 15.3. The lowest BCUT2D eigenvalue weighted by molar-refractivity contribution is -0.385. The first-order valence-corrected chi connectivity index (χ1v) is 6.62. The quantitative estimate of drug-likeness (QED) is 0.481. The number of rotatable bonds is 5. The van der Waals surface area contributed by atoms with Crippen molar-refractivity contribution in [3.05, 3.63) is 26.3 Å². The Labute approximate surface area is 124 Å². The first kappa shape index (κ1) is 16.2. The van der Waals surface area contributed by atoms with E-state index < -0.39 is 4.92 Å². The molecule has 1 heterocycles. The molecule has 0 radical (unpaired) electrons. The number of amides is 2. The molecule has 0 bridgehead atoms. The summed E-state index contributed by atoms with van der Waals surface area (Å²) in [4.78, 5) is 27.0. The number of pyridine rings is 1. The van der Waals surface area contributed by atoms with E-state index in [4.69, 9.17) is 0 Å². The molecule has 1 rings (SSSR count). The van der Waals surface area contributed by atoms with Crippen molar-refractivity contribution < 1.29 is 9.72 Å². The summed E-state index contributed by atoms with van der Waals surface area (Å²) in [7, 11) is 3.31. The van der Waals surface area contributed by atoms with Crippen molar-refractivity contribution >= 4 is 33.5 Å². The van der Waals surface area contributed by atoms with Gasteiger partial charge in [0.1, 0.15) is 12.0 Å². The number of nitrogens with zero attached hydrogens (tertiary/aromatic N) is 3. The highest BCUT2D eigenvalue weighted by Gasteiger charge is 2.16.